The van der Waals surface area contributed by atoms with Crippen LogP contribution in [0.2, 0.25) is 0 Å². The first-order valence-electron chi connectivity index (χ1n) is 12.2. The third-order valence-electron chi connectivity index (χ3n) is 7.90. The van der Waals surface area contributed by atoms with Crippen molar-refractivity contribution in [3.63, 3.8) is 0 Å². The highest BCUT2D eigenvalue weighted by atomic mass is 16.6. The van der Waals surface area contributed by atoms with Crippen molar-refractivity contribution < 1.29 is 49.0 Å². The molecular formula is C27H29NO10. The Morgan fingerprint density at radius 1 is 1.13 bits per heavy atom. The Bertz CT molecular complexity index is 1370. The number of hydrogen-bond donors (Lipinski definition) is 5. The standard InChI is InChI=1S/C27H29NO10/c1-10-22(30)21(28)16(9-37-10)38-15-8-27(35,11(2)29)7-13-18(15)26(34)20-19(24(13)32)23(31)12-5-4-6-14(36-3)17(12)25(20)33/h4-6,10,15-16,21-22,30,32,34-35H,7-9,28H2,1-3H3/t10-,15-,16-,21-,22+,27-/m0/s1. The Morgan fingerprint density at radius 2 is 1.82 bits per heavy atom. The van der Waals surface area contributed by atoms with Gasteiger partial charge >= 0.3 is 0 Å². The number of fused-ring (bicyclic) bond motifs is 3. The van der Waals surface area contributed by atoms with Gasteiger partial charge in [0.25, 0.3) is 0 Å². The summed E-state index contributed by atoms with van der Waals surface area (Å²) in [4.78, 5) is 39.6. The van der Waals surface area contributed by atoms with Crippen LogP contribution in [0.1, 0.15) is 69.3 Å². The summed E-state index contributed by atoms with van der Waals surface area (Å²) in [5.74, 6) is -3.21. The summed E-state index contributed by atoms with van der Waals surface area (Å²) in [5, 5.41) is 44.4. The lowest BCUT2D eigenvalue weighted by atomic mass is 9.72. The van der Waals surface area contributed by atoms with Crippen LogP contribution >= 0.6 is 0 Å². The van der Waals surface area contributed by atoms with Crippen molar-refractivity contribution >= 4 is 17.3 Å². The van der Waals surface area contributed by atoms with Gasteiger partial charge in [0.05, 0.1) is 60.9 Å². The van der Waals surface area contributed by atoms with Gasteiger partial charge in [-0.1, -0.05) is 12.1 Å². The molecule has 38 heavy (non-hydrogen) atoms. The predicted octanol–water partition coefficient (Wildman–Crippen LogP) is 0.681. The topological polar surface area (TPSA) is 186 Å². The SMILES string of the molecule is COc1cccc2c1C(=O)c1c(O)c3c(c(O)c1C2=O)C[C@@](O)(C(C)=O)C[C@@H]3O[C@H]1CO[C@@H](C)[C@@H](O)[C@H]1N. The molecule has 11 nitrogen and oxygen atoms in total. The Labute approximate surface area is 217 Å². The Kier molecular flexibility index (Phi) is 6.32. The highest BCUT2D eigenvalue weighted by molar-refractivity contribution is 6.31. The number of carbonyl (C=O) groups is 3. The Hall–Kier alpha value is -3.35. The number of Topliss-reactive ketones (excluding diaryl/α,β-unsaturated/α-hetero) is 1. The van der Waals surface area contributed by atoms with E-state index in [0.717, 1.165) is 0 Å². The number of ketones is 3. The minimum Gasteiger partial charge on any atom is -0.507 e. The van der Waals surface area contributed by atoms with Gasteiger partial charge < -0.3 is 40.4 Å². The number of phenols is 2. The first-order valence-corrected chi connectivity index (χ1v) is 12.2. The number of aliphatic hydroxyl groups is 2. The molecule has 0 amide bonds. The van der Waals surface area contributed by atoms with Gasteiger partial charge in [-0.2, -0.15) is 0 Å². The van der Waals surface area contributed by atoms with E-state index >= 15 is 0 Å². The molecule has 0 spiro atoms. The van der Waals surface area contributed by atoms with E-state index in [-0.39, 0.29) is 41.0 Å². The van der Waals surface area contributed by atoms with E-state index in [9.17, 15) is 34.8 Å². The number of phenolic OH excluding ortho intramolecular Hbond substituents is 2. The van der Waals surface area contributed by atoms with Gasteiger partial charge in [0.2, 0.25) is 5.78 Å². The maximum absolute atomic E-state index is 13.6. The van der Waals surface area contributed by atoms with Crippen LogP contribution in [0.3, 0.4) is 0 Å². The van der Waals surface area contributed by atoms with Crippen molar-refractivity contribution in [1.82, 2.24) is 0 Å². The number of benzene rings is 2. The molecule has 6 N–H and O–H groups in total. The van der Waals surface area contributed by atoms with Gasteiger partial charge in [-0.25, -0.2) is 0 Å². The van der Waals surface area contributed by atoms with E-state index < -0.39 is 82.5 Å². The van der Waals surface area contributed by atoms with Gasteiger partial charge in [0.15, 0.2) is 11.6 Å². The fraction of sp³-hybridized carbons (Fsp3) is 0.444. The lowest BCUT2D eigenvalue weighted by molar-refractivity contribution is -0.175. The van der Waals surface area contributed by atoms with Gasteiger partial charge in [-0.15, -0.1) is 0 Å². The van der Waals surface area contributed by atoms with Crippen molar-refractivity contribution in [1.29, 1.82) is 0 Å². The number of carbonyl (C=O) groups excluding carboxylic acids is 3. The maximum Gasteiger partial charge on any atom is 0.202 e. The van der Waals surface area contributed by atoms with E-state index in [1.165, 1.54) is 32.2 Å². The van der Waals surface area contributed by atoms with Crippen LogP contribution in [0, 0.1) is 0 Å². The largest absolute Gasteiger partial charge is 0.507 e. The quantitative estimate of drug-likeness (QED) is 0.300. The molecule has 1 fully saturated rings. The van der Waals surface area contributed by atoms with E-state index in [4.69, 9.17) is 19.9 Å². The first-order chi connectivity index (χ1) is 17.9. The van der Waals surface area contributed by atoms with Crippen molar-refractivity contribution in [3.05, 3.63) is 51.6 Å². The van der Waals surface area contributed by atoms with E-state index in [0.29, 0.717) is 0 Å². The molecule has 1 aliphatic heterocycles. The molecule has 0 aromatic heterocycles. The number of aromatic hydroxyl groups is 2. The monoisotopic (exact) mass is 527 g/mol. The summed E-state index contributed by atoms with van der Waals surface area (Å²) < 4.78 is 16.9. The fourth-order valence-electron chi connectivity index (χ4n) is 5.63. The highest BCUT2D eigenvalue weighted by Crippen LogP contribution is 2.52. The lowest BCUT2D eigenvalue weighted by Crippen LogP contribution is -2.58. The molecule has 6 atom stereocenters. The molecule has 0 saturated carbocycles. The van der Waals surface area contributed by atoms with Crippen LogP contribution in [0.5, 0.6) is 17.2 Å². The maximum atomic E-state index is 13.6. The fourth-order valence-corrected chi connectivity index (χ4v) is 5.63. The van der Waals surface area contributed by atoms with Crippen molar-refractivity contribution in [2.24, 2.45) is 5.73 Å². The second kappa shape index (κ2) is 9.14. The van der Waals surface area contributed by atoms with Gasteiger partial charge in [0, 0.05) is 29.5 Å². The van der Waals surface area contributed by atoms with Gasteiger partial charge in [-0.05, 0) is 19.9 Å². The number of ether oxygens (including phenoxy) is 3. The number of aliphatic hydroxyl groups excluding tert-OH is 1. The van der Waals surface area contributed by atoms with Crippen LogP contribution < -0.4 is 10.5 Å². The summed E-state index contributed by atoms with van der Waals surface area (Å²) in [6, 6.07) is 3.53. The summed E-state index contributed by atoms with van der Waals surface area (Å²) in [5.41, 5.74) is 3.08. The Morgan fingerprint density at radius 3 is 2.47 bits per heavy atom. The smallest absolute Gasteiger partial charge is 0.202 e. The second-order valence-corrected chi connectivity index (χ2v) is 10.1. The highest BCUT2D eigenvalue weighted by Gasteiger charge is 2.49. The third-order valence-corrected chi connectivity index (χ3v) is 7.90. The average molecular weight is 528 g/mol. The Balaban J connectivity index is 1.70. The summed E-state index contributed by atoms with van der Waals surface area (Å²) >= 11 is 0. The summed E-state index contributed by atoms with van der Waals surface area (Å²) in [6.45, 7) is 2.80. The molecule has 11 heteroatoms. The zero-order valence-corrected chi connectivity index (χ0v) is 21.1. The normalized spacial score (nSPS) is 30.3. The summed E-state index contributed by atoms with van der Waals surface area (Å²) in [6.07, 6.45) is -4.55. The molecule has 1 saturated heterocycles. The molecule has 1 heterocycles. The molecule has 2 aromatic rings. The molecular weight excluding hydrogens is 498 g/mol. The average Bonchev–Trinajstić information content (AvgIpc) is 2.88. The summed E-state index contributed by atoms with van der Waals surface area (Å²) in [7, 11) is 1.34. The molecule has 0 unspecified atom stereocenters. The van der Waals surface area contributed by atoms with Crippen LogP contribution in [-0.4, -0.2) is 81.4 Å². The number of methoxy groups -OCH3 is 1. The van der Waals surface area contributed by atoms with Crippen molar-refractivity contribution in [2.45, 2.75) is 62.7 Å². The van der Waals surface area contributed by atoms with Crippen molar-refractivity contribution in [3.8, 4) is 17.2 Å². The predicted molar refractivity (Wildman–Crippen MR) is 131 cm³/mol. The van der Waals surface area contributed by atoms with Crippen LogP contribution in [-0.2, 0) is 20.7 Å². The number of rotatable bonds is 4. The number of nitrogens with two attached hydrogens (primary N) is 1. The molecule has 5 rings (SSSR count). The van der Waals surface area contributed by atoms with Crippen LogP contribution in [0.15, 0.2) is 18.2 Å². The van der Waals surface area contributed by atoms with Crippen LogP contribution in [0.25, 0.3) is 0 Å². The van der Waals surface area contributed by atoms with Crippen molar-refractivity contribution in [2.75, 3.05) is 13.7 Å². The second-order valence-electron chi connectivity index (χ2n) is 10.1. The first kappa shape index (κ1) is 26.3. The zero-order chi connectivity index (χ0) is 27.7. The minimum absolute atomic E-state index is 0.0182. The van der Waals surface area contributed by atoms with E-state index in [2.05, 4.69) is 0 Å². The molecule has 2 aromatic carbocycles. The third kappa shape index (κ3) is 3.73. The van der Waals surface area contributed by atoms with Gasteiger partial charge in [0.1, 0.15) is 22.8 Å². The number of hydrogen-bond acceptors (Lipinski definition) is 11. The molecule has 3 aliphatic rings. The lowest BCUT2D eigenvalue weighted by Gasteiger charge is -2.42. The van der Waals surface area contributed by atoms with E-state index in [1.807, 2.05) is 0 Å². The molecule has 0 radical (unpaired) electrons. The van der Waals surface area contributed by atoms with Gasteiger partial charge in [-0.3, -0.25) is 14.4 Å². The minimum atomic E-state index is -2.01. The van der Waals surface area contributed by atoms with Crippen LogP contribution in [0.4, 0.5) is 0 Å². The zero-order valence-electron chi connectivity index (χ0n) is 21.1. The van der Waals surface area contributed by atoms with E-state index in [1.54, 1.807) is 6.92 Å². The molecule has 0 bridgehead atoms. The molecule has 202 valence electrons. The molecule has 2 aliphatic carbocycles.